The van der Waals surface area contributed by atoms with Gasteiger partial charge in [0.15, 0.2) is 4.96 Å². The summed E-state index contributed by atoms with van der Waals surface area (Å²) in [4.78, 5) is 18.1. The molecule has 0 saturated carbocycles. The number of ether oxygens (including phenoxy) is 1. The zero-order chi connectivity index (χ0) is 20.7. The molecule has 2 heterocycles. The minimum absolute atomic E-state index is 0.0775. The van der Waals surface area contributed by atoms with E-state index in [2.05, 4.69) is 20.9 Å². The summed E-state index contributed by atoms with van der Waals surface area (Å²) in [5.74, 6) is 0.356. The number of rotatable bonds is 4. The van der Waals surface area contributed by atoms with Crippen molar-refractivity contribution < 1.29 is 9.13 Å². The summed E-state index contributed by atoms with van der Waals surface area (Å²) >= 11 is 4.88. The van der Waals surface area contributed by atoms with Crippen molar-refractivity contribution in [2.24, 2.45) is 0 Å². The molecule has 7 heteroatoms. The highest BCUT2D eigenvalue weighted by atomic mass is 79.9. The molecule has 148 valence electrons. The maximum Gasteiger partial charge on any atom is 0.274 e. The fourth-order valence-corrected chi connectivity index (χ4v) is 4.77. The second-order valence-electron chi connectivity index (χ2n) is 6.74. The van der Waals surface area contributed by atoms with Crippen LogP contribution in [0.15, 0.2) is 76.0 Å². The number of hydrogen-bond acceptors (Lipinski definition) is 4. The molecule has 0 unspecified atom stereocenters. The highest BCUT2D eigenvalue weighted by molar-refractivity contribution is 9.10. The topological polar surface area (TPSA) is 43.6 Å². The number of benzene rings is 3. The number of aromatic nitrogens is 2. The fourth-order valence-electron chi connectivity index (χ4n) is 3.28. The third-order valence-corrected chi connectivity index (χ3v) is 6.27. The van der Waals surface area contributed by atoms with E-state index in [1.54, 1.807) is 10.5 Å². The van der Waals surface area contributed by atoms with Gasteiger partial charge in [0.05, 0.1) is 20.0 Å². The summed E-state index contributed by atoms with van der Waals surface area (Å²) in [5.41, 5.74) is 3.17. The van der Waals surface area contributed by atoms with Crippen LogP contribution >= 0.6 is 27.3 Å². The van der Waals surface area contributed by atoms with Gasteiger partial charge in [-0.1, -0.05) is 41.7 Å². The normalized spacial score (nSPS) is 12.1. The molecular weight excluding hydrogens is 467 g/mol. The number of imidazole rings is 1. The van der Waals surface area contributed by atoms with Crippen LogP contribution in [0.1, 0.15) is 11.1 Å². The first-order valence-electron chi connectivity index (χ1n) is 9.17. The fraction of sp³-hybridized carbons (Fsp3) is 0.0435. The van der Waals surface area contributed by atoms with Crippen molar-refractivity contribution in [2.45, 2.75) is 6.61 Å². The van der Waals surface area contributed by atoms with Crippen molar-refractivity contribution in [1.29, 1.82) is 0 Å². The molecule has 0 radical (unpaired) electrons. The Balaban J connectivity index is 1.45. The first-order valence-corrected chi connectivity index (χ1v) is 10.8. The van der Waals surface area contributed by atoms with Gasteiger partial charge in [-0.15, -0.1) is 0 Å². The highest BCUT2D eigenvalue weighted by Gasteiger charge is 2.11. The van der Waals surface area contributed by atoms with Crippen LogP contribution in [0.25, 0.3) is 22.1 Å². The van der Waals surface area contributed by atoms with E-state index in [1.165, 1.54) is 23.5 Å². The maximum absolute atomic E-state index is 13.3. The molecular formula is C23H14BrFN2O2S. The van der Waals surface area contributed by atoms with Gasteiger partial charge in [-0.2, -0.15) is 0 Å². The van der Waals surface area contributed by atoms with Crippen LogP contribution in [0.2, 0.25) is 0 Å². The minimum atomic E-state index is -0.288. The molecule has 3 aromatic carbocycles. The van der Waals surface area contributed by atoms with Crippen molar-refractivity contribution in [2.75, 3.05) is 0 Å². The predicted octanol–water partition coefficient (Wildman–Crippen LogP) is 4.94. The van der Waals surface area contributed by atoms with Crippen molar-refractivity contribution in [3.63, 3.8) is 0 Å². The highest BCUT2D eigenvalue weighted by Crippen LogP contribution is 2.27. The number of thiazole rings is 1. The first-order chi connectivity index (χ1) is 14.6. The molecule has 0 aliphatic carbocycles. The summed E-state index contributed by atoms with van der Waals surface area (Å²) in [6, 6.07) is 19.5. The quantitative estimate of drug-likeness (QED) is 0.366. The van der Waals surface area contributed by atoms with Gasteiger partial charge < -0.3 is 4.74 Å². The van der Waals surface area contributed by atoms with Gasteiger partial charge in [-0.05, 0) is 69.5 Å². The Labute approximate surface area is 183 Å². The molecule has 30 heavy (non-hydrogen) atoms. The largest absolute Gasteiger partial charge is 0.488 e. The SMILES string of the molecule is O=c1c(=Cc2ccc(OCc3cccc(F)c3)c(Br)c2)sc2nc3ccccc3n12. The maximum atomic E-state index is 13.3. The molecule has 0 atom stereocenters. The Morgan fingerprint density at radius 2 is 1.97 bits per heavy atom. The molecule has 5 aromatic rings. The van der Waals surface area contributed by atoms with E-state index in [0.717, 1.165) is 26.6 Å². The zero-order valence-corrected chi connectivity index (χ0v) is 17.9. The van der Waals surface area contributed by atoms with E-state index in [4.69, 9.17) is 4.74 Å². The smallest absolute Gasteiger partial charge is 0.274 e. The van der Waals surface area contributed by atoms with Crippen LogP contribution in [-0.4, -0.2) is 9.38 Å². The van der Waals surface area contributed by atoms with E-state index >= 15 is 0 Å². The second kappa shape index (κ2) is 7.66. The Morgan fingerprint density at radius 3 is 2.80 bits per heavy atom. The summed E-state index contributed by atoms with van der Waals surface area (Å²) < 4.78 is 22.1. The molecule has 0 aliphatic rings. The van der Waals surface area contributed by atoms with Crippen molar-refractivity contribution in [1.82, 2.24) is 9.38 Å². The van der Waals surface area contributed by atoms with Crippen molar-refractivity contribution in [3.8, 4) is 5.75 Å². The second-order valence-corrected chi connectivity index (χ2v) is 8.61. The number of nitrogens with zero attached hydrogens (tertiary/aromatic N) is 2. The zero-order valence-electron chi connectivity index (χ0n) is 15.5. The predicted molar refractivity (Wildman–Crippen MR) is 121 cm³/mol. The standard InChI is InChI=1S/C23H14BrFN2O2S/c24-17-11-14(8-9-20(17)29-13-15-4-3-5-16(25)10-15)12-21-22(28)27-19-7-2-1-6-18(19)26-23(27)30-21/h1-12H,13H2. The van der Waals surface area contributed by atoms with Gasteiger partial charge in [-0.25, -0.2) is 13.8 Å². The molecule has 0 amide bonds. The lowest BCUT2D eigenvalue weighted by atomic mass is 10.2. The Kier molecular flexibility index (Phi) is 4.84. The lowest BCUT2D eigenvalue weighted by Gasteiger charge is -2.09. The molecule has 4 nitrogen and oxygen atoms in total. The van der Waals surface area contributed by atoms with Crippen molar-refractivity contribution >= 4 is 49.3 Å². The van der Waals surface area contributed by atoms with Crippen LogP contribution < -0.4 is 14.8 Å². The molecule has 0 fully saturated rings. The van der Waals surface area contributed by atoms with Gasteiger partial charge in [-0.3, -0.25) is 4.79 Å². The molecule has 2 aromatic heterocycles. The number of hydrogen-bond donors (Lipinski definition) is 0. The third-order valence-electron chi connectivity index (χ3n) is 4.68. The molecule has 0 bridgehead atoms. The molecule has 0 saturated heterocycles. The van der Waals surface area contributed by atoms with Gasteiger partial charge in [0.1, 0.15) is 18.2 Å². The van der Waals surface area contributed by atoms with E-state index in [1.807, 2.05) is 54.6 Å². The Bertz CT molecular complexity index is 1510. The third kappa shape index (κ3) is 3.51. The van der Waals surface area contributed by atoms with Gasteiger partial charge in [0.2, 0.25) is 0 Å². The van der Waals surface area contributed by atoms with Gasteiger partial charge in [0, 0.05) is 0 Å². The lowest BCUT2D eigenvalue weighted by Crippen LogP contribution is -2.22. The van der Waals surface area contributed by atoms with Crippen LogP contribution in [0.3, 0.4) is 0 Å². The number of para-hydroxylation sites is 2. The van der Waals surface area contributed by atoms with E-state index in [-0.39, 0.29) is 18.0 Å². The Morgan fingerprint density at radius 1 is 1.10 bits per heavy atom. The lowest BCUT2D eigenvalue weighted by molar-refractivity contribution is 0.303. The van der Waals surface area contributed by atoms with E-state index in [9.17, 15) is 9.18 Å². The van der Waals surface area contributed by atoms with E-state index in [0.29, 0.717) is 15.2 Å². The summed E-state index contributed by atoms with van der Waals surface area (Å²) in [5, 5.41) is 0. The first kappa shape index (κ1) is 19.0. The summed E-state index contributed by atoms with van der Waals surface area (Å²) in [6.45, 7) is 0.263. The van der Waals surface area contributed by atoms with Crippen LogP contribution in [0, 0.1) is 5.82 Å². The van der Waals surface area contributed by atoms with Crippen LogP contribution in [-0.2, 0) is 6.61 Å². The minimum Gasteiger partial charge on any atom is -0.488 e. The van der Waals surface area contributed by atoms with Crippen LogP contribution in [0.5, 0.6) is 5.75 Å². The van der Waals surface area contributed by atoms with Crippen LogP contribution in [0.4, 0.5) is 4.39 Å². The number of halogens is 2. The average Bonchev–Trinajstić information content (AvgIpc) is 3.24. The molecule has 5 rings (SSSR count). The number of fused-ring (bicyclic) bond motifs is 3. The van der Waals surface area contributed by atoms with E-state index < -0.39 is 0 Å². The Hall–Kier alpha value is -3.03. The molecule has 0 aliphatic heterocycles. The monoisotopic (exact) mass is 480 g/mol. The average molecular weight is 481 g/mol. The van der Waals surface area contributed by atoms with Gasteiger partial charge in [0.25, 0.3) is 5.56 Å². The van der Waals surface area contributed by atoms with Gasteiger partial charge >= 0.3 is 0 Å². The molecule has 0 N–H and O–H groups in total. The summed E-state index contributed by atoms with van der Waals surface area (Å²) in [7, 11) is 0. The van der Waals surface area contributed by atoms with Crippen molar-refractivity contribution in [3.05, 3.63) is 103 Å². The summed E-state index contributed by atoms with van der Waals surface area (Å²) in [6.07, 6.45) is 1.84. The molecule has 0 spiro atoms.